The molecule has 2 unspecified atom stereocenters. The van der Waals surface area contributed by atoms with Crippen molar-refractivity contribution in [2.45, 2.75) is 32.6 Å². The van der Waals surface area contributed by atoms with Crippen LogP contribution in [0.25, 0.3) is 0 Å². The van der Waals surface area contributed by atoms with E-state index in [0.717, 1.165) is 13.1 Å². The van der Waals surface area contributed by atoms with Gasteiger partial charge in [0.1, 0.15) is 0 Å². The summed E-state index contributed by atoms with van der Waals surface area (Å²) in [6.45, 7) is 4.64. The fourth-order valence-electron chi connectivity index (χ4n) is 4.20. The van der Waals surface area contributed by atoms with Crippen LogP contribution in [0.4, 0.5) is 13.2 Å². The Morgan fingerprint density at radius 2 is 2.09 bits per heavy atom. The molecule has 2 atom stereocenters. The summed E-state index contributed by atoms with van der Waals surface area (Å²) in [7, 11) is 1.54. The molecule has 0 bridgehead atoms. The van der Waals surface area contributed by atoms with Crippen molar-refractivity contribution in [3.8, 4) is 0 Å². The first-order valence-electron chi connectivity index (χ1n) is 7.88. The van der Waals surface area contributed by atoms with Gasteiger partial charge in [0.15, 0.2) is 0 Å². The third kappa shape index (κ3) is 2.35. The number of amides is 1. The lowest BCUT2D eigenvalue weighted by atomic mass is 9.98. The summed E-state index contributed by atoms with van der Waals surface area (Å²) in [6.07, 6.45) is -3.20. The topological polar surface area (TPSA) is 23.6 Å². The number of fused-ring (bicyclic) bond motifs is 2. The smallest absolute Gasteiger partial charge is 0.337 e. The van der Waals surface area contributed by atoms with Gasteiger partial charge in [-0.3, -0.25) is 9.69 Å². The highest BCUT2D eigenvalue weighted by atomic mass is 19.4. The van der Waals surface area contributed by atoms with E-state index in [1.54, 1.807) is 6.07 Å². The van der Waals surface area contributed by atoms with Crippen LogP contribution in [-0.4, -0.2) is 35.8 Å². The van der Waals surface area contributed by atoms with Crippen LogP contribution in [0.3, 0.4) is 0 Å². The molecule has 1 amide bonds. The Balaban J connectivity index is 1.67. The molecule has 2 aliphatic heterocycles. The Morgan fingerprint density at radius 3 is 2.70 bits per heavy atom. The summed E-state index contributed by atoms with van der Waals surface area (Å²) >= 11 is 0. The summed E-state index contributed by atoms with van der Waals surface area (Å²) in [5.41, 5.74) is 0.625. The summed E-state index contributed by atoms with van der Waals surface area (Å²) in [5, 5.41) is 0. The summed E-state index contributed by atoms with van der Waals surface area (Å²) in [4.78, 5) is 15.7. The van der Waals surface area contributed by atoms with Crippen molar-refractivity contribution < 1.29 is 18.0 Å². The van der Waals surface area contributed by atoms with Gasteiger partial charge in [-0.2, -0.15) is 13.2 Å². The normalized spacial score (nSPS) is 29.9. The lowest BCUT2D eigenvalue weighted by molar-refractivity contribution is -0.138. The number of nitrogens with zero attached hydrogens (tertiary/aromatic N) is 2. The second-order valence-corrected chi connectivity index (χ2v) is 7.55. The maximum Gasteiger partial charge on any atom is 0.416 e. The third-order valence-electron chi connectivity index (χ3n) is 5.60. The van der Waals surface area contributed by atoms with Crippen LogP contribution >= 0.6 is 0 Å². The molecule has 1 aromatic carbocycles. The van der Waals surface area contributed by atoms with E-state index >= 15 is 0 Å². The van der Waals surface area contributed by atoms with Crippen LogP contribution in [0, 0.1) is 11.3 Å². The lowest BCUT2D eigenvalue weighted by Crippen LogP contribution is -2.24. The van der Waals surface area contributed by atoms with E-state index < -0.39 is 11.7 Å². The number of rotatable bonds is 2. The molecule has 6 heteroatoms. The van der Waals surface area contributed by atoms with Gasteiger partial charge in [-0.15, -0.1) is 0 Å². The summed E-state index contributed by atoms with van der Waals surface area (Å²) < 4.78 is 40.1. The fourth-order valence-corrected chi connectivity index (χ4v) is 4.20. The van der Waals surface area contributed by atoms with Gasteiger partial charge in [-0.1, -0.05) is 6.92 Å². The maximum atomic E-state index is 13.4. The number of alkyl halides is 3. The van der Waals surface area contributed by atoms with E-state index in [2.05, 4.69) is 11.8 Å². The molecule has 1 aliphatic carbocycles. The number of carbonyl (C=O) groups is 1. The van der Waals surface area contributed by atoms with Gasteiger partial charge in [-0.25, -0.2) is 0 Å². The number of piperidine rings is 1. The highest BCUT2D eigenvalue weighted by molar-refractivity contribution is 5.98. The molecule has 0 radical (unpaired) electrons. The Bertz CT molecular complexity index is 700. The minimum absolute atomic E-state index is 0.0349. The molecule has 0 spiro atoms. The summed E-state index contributed by atoms with van der Waals surface area (Å²) in [6, 6.07) is 2.89. The Hall–Kier alpha value is -1.56. The van der Waals surface area contributed by atoms with Gasteiger partial charge >= 0.3 is 6.18 Å². The molecule has 124 valence electrons. The SMILES string of the molecule is CN1Cc2c(cc(CN3CC4CC4(C)C3)cc2C(F)(F)F)C1=O. The van der Waals surface area contributed by atoms with E-state index in [1.165, 1.54) is 24.4 Å². The average Bonchev–Trinajstić information content (AvgIpc) is 2.81. The number of carbonyl (C=O) groups excluding carboxylic acids is 1. The Kier molecular flexibility index (Phi) is 2.93. The first-order valence-corrected chi connectivity index (χ1v) is 7.88. The highest BCUT2D eigenvalue weighted by Gasteiger charge is 2.55. The van der Waals surface area contributed by atoms with E-state index in [4.69, 9.17) is 0 Å². The number of likely N-dealkylation sites (tertiary alicyclic amines) is 1. The van der Waals surface area contributed by atoms with Gasteiger partial charge in [-0.05, 0) is 41.0 Å². The Morgan fingerprint density at radius 1 is 1.35 bits per heavy atom. The van der Waals surface area contributed by atoms with Gasteiger partial charge in [0, 0.05) is 38.8 Å². The van der Waals surface area contributed by atoms with Crippen LogP contribution < -0.4 is 0 Å². The molecule has 3 nitrogen and oxygen atoms in total. The standard InChI is InChI=1S/C17H19F3N2O/c1-16-5-11(16)7-22(9-16)6-10-3-12-13(8-21(2)15(12)23)14(4-10)17(18,19)20/h3-4,11H,5-9H2,1-2H3. The minimum Gasteiger partial charge on any atom is -0.337 e. The monoisotopic (exact) mass is 324 g/mol. The van der Waals surface area contributed by atoms with Crippen LogP contribution in [0.2, 0.25) is 0 Å². The second-order valence-electron chi connectivity index (χ2n) is 7.55. The van der Waals surface area contributed by atoms with Crippen molar-refractivity contribution in [3.05, 3.63) is 34.4 Å². The van der Waals surface area contributed by atoms with Gasteiger partial charge < -0.3 is 4.90 Å². The zero-order valence-corrected chi connectivity index (χ0v) is 13.2. The average molecular weight is 324 g/mol. The number of halogens is 3. The first-order chi connectivity index (χ1) is 10.7. The van der Waals surface area contributed by atoms with Gasteiger partial charge in [0.05, 0.1) is 5.56 Å². The number of hydrogen-bond acceptors (Lipinski definition) is 2. The minimum atomic E-state index is -4.43. The van der Waals surface area contributed by atoms with Crippen molar-refractivity contribution in [3.63, 3.8) is 0 Å². The van der Waals surface area contributed by atoms with Crippen molar-refractivity contribution in [2.75, 3.05) is 20.1 Å². The molecule has 2 heterocycles. The molecule has 4 rings (SSSR count). The molecule has 1 saturated carbocycles. The molecule has 2 fully saturated rings. The highest BCUT2D eigenvalue weighted by Crippen LogP contribution is 2.57. The predicted molar refractivity (Wildman–Crippen MR) is 78.7 cm³/mol. The van der Waals surface area contributed by atoms with Gasteiger partial charge in [0.25, 0.3) is 5.91 Å². The number of benzene rings is 1. The van der Waals surface area contributed by atoms with Crippen molar-refractivity contribution in [1.82, 2.24) is 9.80 Å². The van der Waals surface area contributed by atoms with Crippen LogP contribution in [0.5, 0.6) is 0 Å². The van der Waals surface area contributed by atoms with E-state index in [0.29, 0.717) is 23.4 Å². The quantitative estimate of drug-likeness (QED) is 0.834. The number of hydrogen-bond donors (Lipinski definition) is 0. The van der Waals surface area contributed by atoms with Gasteiger partial charge in [0.2, 0.25) is 0 Å². The van der Waals surface area contributed by atoms with E-state index in [1.807, 2.05) is 0 Å². The third-order valence-corrected chi connectivity index (χ3v) is 5.60. The van der Waals surface area contributed by atoms with Crippen LogP contribution in [0.15, 0.2) is 12.1 Å². The van der Waals surface area contributed by atoms with Crippen LogP contribution in [0.1, 0.15) is 40.4 Å². The van der Waals surface area contributed by atoms with Crippen molar-refractivity contribution in [2.24, 2.45) is 11.3 Å². The maximum absolute atomic E-state index is 13.4. The molecular weight excluding hydrogens is 305 g/mol. The predicted octanol–water partition coefficient (Wildman–Crippen LogP) is 3.13. The largest absolute Gasteiger partial charge is 0.416 e. The van der Waals surface area contributed by atoms with Crippen LogP contribution in [-0.2, 0) is 19.3 Å². The van der Waals surface area contributed by atoms with E-state index in [9.17, 15) is 18.0 Å². The van der Waals surface area contributed by atoms with Crippen molar-refractivity contribution in [1.29, 1.82) is 0 Å². The Labute approximate surface area is 133 Å². The zero-order chi connectivity index (χ0) is 16.6. The molecule has 1 saturated heterocycles. The lowest BCUT2D eigenvalue weighted by Gasteiger charge is -2.20. The molecule has 3 aliphatic rings. The zero-order valence-electron chi connectivity index (χ0n) is 13.2. The second kappa shape index (κ2) is 4.50. The molecular formula is C17H19F3N2O. The van der Waals surface area contributed by atoms with Crippen molar-refractivity contribution >= 4 is 5.91 Å². The van der Waals surface area contributed by atoms with E-state index in [-0.39, 0.29) is 23.6 Å². The molecule has 23 heavy (non-hydrogen) atoms. The fraction of sp³-hybridized carbons (Fsp3) is 0.588. The summed E-state index contributed by atoms with van der Waals surface area (Å²) in [5.74, 6) is 0.371. The first kappa shape index (κ1) is 15.0. The molecule has 0 N–H and O–H groups in total. The molecule has 1 aromatic rings. The molecule has 0 aromatic heterocycles.